The predicted octanol–water partition coefficient (Wildman–Crippen LogP) is 1.76. The van der Waals surface area contributed by atoms with Crippen LogP contribution in [-0.4, -0.2) is 49.8 Å². The summed E-state index contributed by atoms with van der Waals surface area (Å²) < 4.78 is 10.9. The zero-order chi connectivity index (χ0) is 22.8. The first-order chi connectivity index (χ1) is 15.5. The van der Waals surface area contributed by atoms with Gasteiger partial charge in [0.2, 0.25) is 0 Å². The maximum Gasteiger partial charge on any atom is 0.329 e. The number of nitrogens with one attached hydrogen (secondary N) is 3. The van der Waals surface area contributed by atoms with E-state index in [1.165, 1.54) is 6.21 Å². The zero-order valence-electron chi connectivity index (χ0n) is 17.8. The van der Waals surface area contributed by atoms with Crippen molar-refractivity contribution in [2.45, 2.75) is 25.9 Å². The first-order valence-electron chi connectivity index (χ1n) is 10.3. The second kappa shape index (κ2) is 11.6. The molecular weight excluding hydrogens is 412 g/mol. The van der Waals surface area contributed by atoms with Crippen LogP contribution in [0.15, 0.2) is 53.6 Å². The number of anilines is 1. The molecule has 1 aliphatic rings. The normalized spacial score (nSPS) is 15.3. The number of nitrogens with zero attached hydrogens (tertiary/aromatic N) is 1. The van der Waals surface area contributed by atoms with Crippen LogP contribution in [0, 0.1) is 6.92 Å². The smallest absolute Gasteiger partial charge is 0.329 e. The molecule has 0 radical (unpaired) electrons. The van der Waals surface area contributed by atoms with Gasteiger partial charge in [-0.2, -0.15) is 5.10 Å². The lowest BCUT2D eigenvalue weighted by atomic mass is 10.2. The van der Waals surface area contributed by atoms with Crippen LogP contribution < -0.4 is 20.8 Å². The first-order valence-corrected chi connectivity index (χ1v) is 10.3. The van der Waals surface area contributed by atoms with Crippen molar-refractivity contribution in [1.82, 2.24) is 10.7 Å². The van der Waals surface area contributed by atoms with Crippen LogP contribution in [0.25, 0.3) is 0 Å². The molecule has 1 saturated heterocycles. The number of ether oxygens (including phenoxy) is 2. The highest BCUT2D eigenvalue weighted by Crippen LogP contribution is 2.13. The van der Waals surface area contributed by atoms with Gasteiger partial charge in [-0.15, -0.1) is 0 Å². The molecule has 1 fully saturated rings. The average Bonchev–Trinajstić information content (AvgIpc) is 3.30. The summed E-state index contributed by atoms with van der Waals surface area (Å²) in [6.45, 7) is 2.81. The van der Waals surface area contributed by atoms with Crippen molar-refractivity contribution in [2.24, 2.45) is 5.10 Å². The molecule has 168 valence electrons. The minimum atomic E-state index is -0.848. The molecule has 9 heteroatoms. The van der Waals surface area contributed by atoms with E-state index in [9.17, 15) is 14.4 Å². The highest BCUT2D eigenvalue weighted by atomic mass is 16.5. The topological polar surface area (TPSA) is 118 Å². The fraction of sp³-hybridized carbons (Fsp3) is 0.304. The SMILES string of the molecule is Cc1cccc(NC(=O)COc2ccc(/C=N\NC(=O)C(=O)NC[C@H]3CCCO3)cc2)c1. The molecule has 0 saturated carbocycles. The monoisotopic (exact) mass is 438 g/mol. The van der Waals surface area contributed by atoms with E-state index in [0.29, 0.717) is 30.2 Å². The number of benzene rings is 2. The second-order valence-corrected chi connectivity index (χ2v) is 7.32. The summed E-state index contributed by atoms with van der Waals surface area (Å²) in [5, 5.41) is 9.07. The summed E-state index contributed by atoms with van der Waals surface area (Å²) in [6.07, 6.45) is 3.20. The van der Waals surface area contributed by atoms with Gasteiger partial charge in [0, 0.05) is 18.8 Å². The molecule has 0 aliphatic carbocycles. The highest BCUT2D eigenvalue weighted by Gasteiger charge is 2.18. The number of hydrogen-bond acceptors (Lipinski definition) is 6. The van der Waals surface area contributed by atoms with Gasteiger partial charge in [-0.1, -0.05) is 12.1 Å². The molecule has 2 aromatic carbocycles. The molecule has 0 unspecified atom stereocenters. The molecule has 9 nitrogen and oxygen atoms in total. The molecular formula is C23H26N4O5. The third-order valence-electron chi connectivity index (χ3n) is 4.65. The van der Waals surface area contributed by atoms with E-state index in [4.69, 9.17) is 9.47 Å². The Hall–Kier alpha value is -3.72. The van der Waals surface area contributed by atoms with Gasteiger partial charge in [0.25, 0.3) is 5.91 Å². The van der Waals surface area contributed by atoms with Gasteiger partial charge in [-0.3, -0.25) is 14.4 Å². The van der Waals surface area contributed by atoms with Crippen molar-refractivity contribution in [1.29, 1.82) is 0 Å². The van der Waals surface area contributed by atoms with E-state index in [2.05, 4.69) is 21.2 Å². The molecule has 0 aromatic heterocycles. The zero-order valence-corrected chi connectivity index (χ0v) is 17.8. The van der Waals surface area contributed by atoms with Crippen LogP contribution in [0.3, 0.4) is 0 Å². The lowest BCUT2D eigenvalue weighted by Gasteiger charge is -2.09. The molecule has 3 rings (SSSR count). The summed E-state index contributed by atoms with van der Waals surface area (Å²) >= 11 is 0. The standard InChI is InChI=1S/C23H26N4O5/c1-16-4-2-5-18(12-16)26-21(28)15-32-19-9-7-17(8-10-19)13-25-27-23(30)22(29)24-14-20-6-3-11-31-20/h2,4-5,7-10,12-13,20H,3,6,11,14-15H2,1H3,(H,24,29)(H,26,28)(H,27,30)/b25-13-/t20-/m1/s1. The Labute approximate surface area is 186 Å². The summed E-state index contributed by atoms with van der Waals surface area (Å²) in [7, 11) is 0. The number of hydrogen-bond donors (Lipinski definition) is 3. The number of rotatable bonds is 8. The van der Waals surface area contributed by atoms with E-state index in [1.54, 1.807) is 24.3 Å². The van der Waals surface area contributed by atoms with Gasteiger partial charge in [-0.05, 0) is 67.3 Å². The Morgan fingerprint density at radius 1 is 1.16 bits per heavy atom. The lowest BCUT2D eigenvalue weighted by Crippen LogP contribution is -2.41. The third-order valence-corrected chi connectivity index (χ3v) is 4.65. The van der Waals surface area contributed by atoms with Gasteiger partial charge in [0.1, 0.15) is 5.75 Å². The predicted molar refractivity (Wildman–Crippen MR) is 119 cm³/mol. The Morgan fingerprint density at radius 3 is 2.69 bits per heavy atom. The van der Waals surface area contributed by atoms with E-state index in [0.717, 1.165) is 18.4 Å². The van der Waals surface area contributed by atoms with E-state index < -0.39 is 11.8 Å². The molecule has 1 atom stereocenters. The molecule has 1 heterocycles. The number of amides is 3. The fourth-order valence-electron chi connectivity index (χ4n) is 3.03. The van der Waals surface area contributed by atoms with Gasteiger partial charge >= 0.3 is 11.8 Å². The van der Waals surface area contributed by atoms with E-state index >= 15 is 0 Å². The van der Waals surface area contributed by atoms with Crippen molar-refractivity contribution in [3.8, 4) is 5.75 Å². The van der Waals surface area contributed by atoms with Crippen molar-refractivity contribution in [3.63, 3.8) is 0 Å². The summed E-state index contributed by atoms with van der Waals surface area (Å²) in [5.74, 6) is -1.36. The molecule has 2 aromatic rings. The molecule has 0 spiro atoms. The minimum Gasteiger partial charge on any atom is -0.484 e. The summed E-state index contributed by atoms with van der Waals surface area (Å²) in [5.41, 5.74) is 4.63. The molecule has 3 amide bonds. The van der Waals surface area contributed by atoms with Crippen LogP contribution in [0.1, 0.15) is 24.0 Å². The fourth-order valence-corrected chi connectivity index (χ4v) is 3.03. The quantitative estimate of drug-likeness (QED) is 0.330. The summed E-state index contributed by atoms with van der Waals surface area (Å²) in [4.78, 5) is 35.5. The number of carbonyl (C=O) groups is 3. The third kappa shape index (κ3) is 7.51. The largest absolute Gasteiger partial charge is 0.484 e. The van der Waals surface area contributed by atoms with Gasteiger partial charge < -0.3 is 20.1 Å². The maximum absolute atomic E-state index is 12.0. The van der Waals surface area contributed by atoms with Crippen molar-refractivity contribution >= 4 is 29.6 Å². The highest BCUT2D eigenvalue weighted by molar-refractivity contribution is 6.35. The van der Waals surface area contributed by atoms with E-state index in [-0.39, 0.29) is 18.6 Å². The van der Waals surface area contributed by atoms with Crippen LogP contribution >= 0.6 is 0 Å². The molecule has 32 heavy (non-hydrogen) atoms. The van der Waals surface area contributed by atoms with Gasteiger partial charge in [-0.25, -0.2) is 5.43 Å². The number of aryl methyl sites for hydroxylation is 1. The van der Waals surface area contributed by atoms with Crippen molar-refractivity contribution in [3.05, 3.63) is 59.7 Å². The van der Waals surface area contributed by atoms with Crippen LogP contribution in [0.2, 0.25) is 0 Å². The average molecular weight is 438 g/mol. The van der Waals surface area contributed by atoms with Crippen molar-refractivity contribution < 1.29 is 23.9 Å². The molecule has 0 bridgehead atoms. The molecule has 1 aliphatic heterocycles. The Bertz CT molecular complexity index is 969. The maximum atomic E-state index is 12.0. The Kier molecular flexibility index (Phi) is 8.33. The van der Waals surface area contributed by atoms with E-state index in [1.807, 2.05) is 31.2 Å². The lowest BCUT2D eigenvalue weighted by molar-refractivity contribution is -0.139. The minimum absolute atomic E-state index is 0.0374. The summed E-state index contributed by atoms with van der Waals surface area (Å²) in [6, 6.07) is 14.3. The Morgan fingerprint density at radius 2 is 1.97 bits per heavy atom. The van der Waals surface area contributed by atoms with Gasteiger partial charge in [0.15, 0.2) is 6.61 Å². The van der Waals surface area contributed by atoms with Crippen molar-refractivity contribution in [2.75, 3.05) is 25.1 Å². The first kappa shape index (κ1) is 23.0. The number of carbonyl (C=O) groups excluding carboxylic acids is 3. The van der Waals surface area contributed by atoms with Crippen LogP contribution in [0.4, 0.5) is 5.69 Å². The van der Waals surface area contributed by atoms with Gasteiger partial charge in [0.05, 0.1) is 12.3 Å². The number of hydrazone groups is 1. The van der Waals surface area contributed by atoms with Crippen LogP contribution in [-0.2, 0) is 19.1 Å². The Balaban J connectivity index is 1.37. The van der Waals surface area contributed by atoms with Crippen LogP contribution in [0.5, 0.6) is 5.75 Å². The molecule has 3 N–H and O–H groups in total. The second-order valence-electron chi connectivity index (χ2n) is 7.32.